The number of benzene rings is 24. The lowest BCUT2D eigenvalue weighted by atomic mass is 9.77. The molecule has 1 N–H and O–H groups in total. The zero-order chi connectivity index (χ0) is 73.9. The average Bonchev–Trinajstić information content (AvgIpc) is 0.697. The number of fused-ring (bicyclic) bond motifs is 16. The highest BCUT2D eigenvalue weighted by Gasteiger charge is 2.32. The van der Waals surface area contributed by atoms with Gasteiger partial charge in [0.15, 0.2) is 0 Å². The maximum atomic E-state index is 4.91. The Balaban J connectivity index is 0.964. The first-order valence-corrected chi connectivity index (χ1v) is 39.3. The van der Waals surface area contributed by atoms with Crippen molar-refractivity contribution in [2.45, 2.75) is 0 Å². The predicted octanol–water partition coefficient (Wildman–Crippen LogP) is 31.9. The standard InChI is InChI=1S/C112H67N/c1-7-29-73-57-95-83(51-67(73)23-1)39-17-45-89(95)105-101-63-79-35-13-15-37-81(79)65-103(101)111(109(93-49-21-43-87-55-71-27-5-11-33-77(71)61-99(87)93)107(105)91-47-19-41-85-53-69-25-3-9-31-75(69)59-97(85)91)113-112-104-66-82-38-16-14-36-80(82)64-102(104)106(90-46-18-40-84-52-68-24-2-8-30-74(68)58-96(84)90)108(92-48-20-42-86-54-70-26-4-10-32-76(70)60-98(86)92)110(112)94-50-22-44-88-56-72-28-6-12-34-78(72)62-100(88)94/h1-66,113H. The lowest BCUT2D eigenvalue weighted by Gasteiger charge is -2.30. The van der Waals surface area contributed by atoms with E-state index in [1.807, 2.05) is 0 Å². The minimum absolute atomic E-state index is 1.01. The van der Waals surface area contributed by atoms with Gasteiger partial charge in [-0.2, -0.15) is 0 Å². The summed E-state index contributed by atoms with van der Waals surface area (Å²) in [5.41, 5.74) is 15.7. The van der Waals surface area contributed by atoms with Crippen LogP contribution in [0.4, 0.5) is 11.4 Å². The Morgan fingerprint density at radius 3 is 0.460 bits per heavy atom. The molecule has 0 aliphatic rings. The molecule has 0 atom stereocenters. The molecule has 0 aliphatic heterocycles. The summed E-state index contributed by atoms with van der Waals surface area (Å²) in [5.74, 6) is 0. The lowest BCUT2D eigenvalue weighted by molar-refractivity contribution is 1.57. The first-order chi connectivity index (χ1) is 56.0. The highest BCUT2D eigenvalue weighted by Crippen LogP contribution is 2.60. The van der Waals surface area contributed by atoms with Gasteiger partial charge in [0.2, 0.25) is 0 Å². The third-order valence-electron chi connectivity index (χ3n) is 24.7. The number of rotatable bonds is 8. The van der Waals surface area contributed by atoms with Gasteiger partial charge in [0.05, 0.1) is 11.4 Å². The average molecular weight is 1430 g/mol. The molecule has 0 amide bonds. The number of hydrogen-bond acceptors (Lipinski definition) is 1. The molecule has 0 radical (unpaired) electrons. The molecule has 24 rings (SSSR count). The van der Waals surface area contributed by atoms with E-state index in [9.17, 15) is 0 Å². The lowest BCUT2D eigenvalue weighted by Crippen LogP contribution is -2.05. The van der Waals surface area contributed by atoms with E-state index in [1.54, 1.807) is 0 Å². The molecule has 0 heterocycles. The zero-order valence-corrected chi connectivity index (χ0v) is 61.6. The molecule has 0 saturated heterocycles. The van der Waals surface area contributed by atoms with Crippen LogP contribution in [0.5, 0.6) is 0 Å². The molecular weight excluding hydrogens is 1360 g/mol. The van der Waals surface area contributed by atoms with Gasteiger partial charge in [-0.05, 0) is 303 Å². The summed E-state index contributed by atoms with van der Waals surface area (Å²) in [7, 11) is 0. The second-order valence-electron chi connectivity index (χ2n) is 31.0. The number of hydrogen-bond donors (Lipinski definition) is 1. The predicted molar refractivity (Wildman–Crippen MR) is 489 cm³/mol. The summed E-state index contributed by atoms with van der Waals surface area (Å²) < 4.78 is 0. The number of anilines is 2. The van der Waals surface area contributed by atoms with Crippen LogP contribution in [-0.4, -0.2) is 0 Å². The fourth-order valence-electron chi connectivity index (χ4n) is 19.5. The number of nitrogens with one attached hydrogen (secondary N) is 1. The second-order valence-corrected chi connectivity index (χ2v) is 31.0. The third kappa shape index (κ3) is 9.98. The van der Waals surface area contributed by atoms with E-state index in [1.165, 1.54) is 130 Å². The minimum atomic E-state index is 1.01. The van der Waals surface area contributed by atoms with E-state index in [2.05, 4.69) is 400 Å². The van der Waals surface area contributed by atoms with E-state index in [0.29, 0.717) is 0 Å². The van der Waals surface area contributed by atoms with Gasteiger partial charge in [-0.3, -0.25) is 0 Å². The normalized spacial score (nSPS) is 12.1. The van der Waals surface area contributed by atoms with Crippen LogP contribution < -0.4 is 5.32 Å². The monoisotopic (exact) mass is 1430 g/mol. The first kappa shape index (κ1) is 63.2. The maximum Gasteiger partial charge on any atom is 0.0551 e. The molecule has 0 spiro atoms. The van der Waals surface area contributed by atoms with Crippen molar-refractivity contribution in [2.24, 2.45) is 0 Å². The summed E-state index contributed by atoms with van der Waals surface area (Å²) in [6, 6.07) is 153. The maximum absolute atomic E-state index is 4.91. The Hall–Kier alpha value is -14.8. The van der Waals surface area contributed by atoms with Gasteiger partial charge in [0, 0.05) is 33.0 Å². The van der Waals surface area contributed by atoms with Crippen molar-refractivity contribution < 1.29 is 0 Å². The van der Waals surface area contributed by atoms with Crippen LogP contribution in [0.25, 0.3) is 239 Å². The molecule has 520 valence electrons. The molecule has 24 aromatic carbocycles. The molecule has 0 aliphatic carbocycles. The Kier molecular flexibility index (Phi) is 13.9. The minimum Gasteiger partial charge on any atom is -0.353 e. The Bertz CT molecular complexity index is 7800. The Morgan fingerprint density at radius 1 is 0.106 bits per heavy atom. The molecule has 0 bridgehead atoms. The summed E-state index contributed by atoms with van der Waals surface area (Å²) in [4.78, 5) is 0. The van der Waals surface area contributed by atoms with Gasteiger partial charge in [-0.25, -0.2) is 0 Å². The largest absolute Gasteiger partial charge is 0.353 e. The fraction of sp³-hybridized carbons (Fsp3) is 0. The molecule has 0 aromatic heterocycles. The van der Waals surface area contributed by atoms with Crippen molar-refractivity contribution in [2.75, 3.05) is 5.32 Å². The van der Waals surface area contributed by atoms with Crippen molar-refractivity contribution in [3.8, 4) is 66.8 Å². The van der Waals surface area contributed by atoms with Gasteiger partial charge in [-0.15, -0.1) is 0 Å². The molecular formula is C112H67N. The van der Waals surface area contributed by atoms with Crippen LogP contribution >= 0.6 is 0 Å². The summed E-state index contributed by atoms with van der Waals surface area (Å²) in [5, 5.41) is 42.5. The first-order valence-electron chi connectivity index (χ1n) is 39.3. The Morgan fingerprint density at radius 2 is 0.257 bits per heavy atom. The van der Waals surface area contributed by atoms with Gasteiger partial charge in [0.1, 0.15) is 0 Å². The van der Waals surface area contributed by atoms with E-state index in [-0.39, 0.29) is 0 Å². The highest BCUT2D eigenvalue weighted by atomic mass is 14.9. The zero-order valence-electron chi connectivity index (χ0n) is 61.6. The second kappa shape index (κ2) is 24.9. The van der Waals surface area contributed by atoms with Gasteiger partial charge < -0.3 is 5.32 Å². The van der Waals surface area contributed by atoms with Crippen LogP contribution in [0.1, 0.15) is 0 Å². The highest BCUT2D eigenvalue weighted by molar-refractivity contribution is 6.31. The molecule has 0 saturated carbocycles. The van der Waals surface area contributed by atoms with Gasteiger partial charge in [-0.1, -0.05) is 303 Å². The van der Waals surface area contributed by atoms with Gasteiger partial charge in [0.25, 0.3) is 0 Å². The topological polar surface area (TPSA) is 12.0 Å². The van der Waals surface area contributed by atoms with E-state index in [0.717, 1.165) is 121 Å². The molecule has 24 aromatic rings. The molecule has 0 unspecified atom stereocenters. The van der Waals surface area contributed by atoms with Crippen molar-refractivity contribution >= 4 is 184 Å². The van der Waals surface area contributed by atoms with Crippen LogP contribution in [0.3, 0.4) is 0 Å². The fourth-order valence-corrected chi connectivity index (χ4v) is 19.5. The Labute approximate surface area is 651 Å². The van der Waals surface area contributed by atoms with E-state index >= 15 is 0 Å². The van der Waals surface area contributed by atoms with Crippen LogP contribution in [0.15, 0.2) is 400 Å². The molecule has 113 heavy (non-hydrogen) atoms. The smallest absolute Gasteiger partial charge is 0.0551 e. The van der Waals surface area contributed by atoms with Crippen LogP contribution in [-0.2, 0) is 0 Å². The quantitative estimate of drug-likeness (QED) is 0.150. The summed E-state index contributed by atoms with van der Waals surface area (Å²) >= 11 is 0. The summed E-state index contributed by atoms with van der Waals surface area (Å²) in [6.07, 6.45) is 0. The van der Waals surface area contributed by atoms with Crippen molar-refractivity contribution in [3.63, 3.8) is 0 Å². The van der Waals surface area contributed by atoms with Crippen molar-refractivity contribution in [1.82, 2.24) is 0 Å². The van der Waals surface area contributed by atoms with Crippen molar-refractivity contribution in [3.05, 3.63) is 400 Å². The molecule has 0 fully saturated rings. The van der Waals surface area contributed by atoms with Crippen LogP contribution in [0, 0.1) is 0 Å². The third-order valence-corrected chi connectivity index (χ3v) is 24.7. The van der Waals surface area contributed by atoms with Crippen molar-refractivity contribution in [1.29, 1.82) is 0 Å². The molecule has 1 nitrogen and oxygen atoms in total. The van der Waals surface area contributed by atoms with Gasteiger partial charge >= 0.3 is 0 Å². The van der Waals surface area contributed by atoms with Crippen LogP contribution in [0.2, 0.25) is 0 Å². The SMILES string of the molecule is c1ccc2cc3c(-c4c(-c5cccc6cc7ccccc7cc56)c(-c5cccc6cc7ccccc7cc56)c5cc6ccccc6cc5c4Nc4c(-c5cccc6cc7ccccc7cc56)c(-c5cccc6cc7ccccc7cc56)c(-c5cccc6cc7ccccc7cc56)c5cc6ccccc6cc45)cccc3cc2c1. The van der Waals surface area contributed by atoms with E-state index in [4.69, 9.17) is 5.32 Å². The summed E-state index contributed by atoms with van der Waals surface area (Å²) in [6.45, 7) is 0. The molecule has 1 heteroatoms. The van der Waals surface area contributed by atoms with E-state index < -0.39 is 0 Å².